The lowest BCUT2D eigenvalue weighted by Crippen LogP contribution is -2.23. The molecule has 0 spiro atoms. The summed E-state index contributed by atoms with van der Waals surface area (Å²) in [6, 6.07) is 12.8. The molecule has 6 nitrogen and oxygen atoms in total. The normalized spacial score (nSPS) is 12.2. The minimum Gasteiger partial charge on any atom is -0.218 e. The van der Waals surface area contributed by atoms with Crippen molar-refractivity contribution in [3.63, 3.8) is 0 Å². The van der Waals surface area contributed by atoms with Crippen LogP contribution in [0, 0.1) is 0 Å². The van der Waals surface area contributed by atoms with Crippen molar-refractivity contribution in [2.75, 3.05) is 7.05 Å². The second kappa shape index (κ2) is 7.62. The summed E-state index contributed by atoms with van der Waals surface area (Å²) in [5.41, 5.74) is 1.32. The second-order valence-electron chi connectivity index (χ2n) is 5.03. The first-order valence-corrected chi connectivity index (χ1v) is 10.5. The molecule has 0 saturated heterocycles. The van der Waals surface area contributed by atoms with E-state index >= 15 is 0 Å². The fourth-order valence-electron chi connectivity index (χ4n) is 1.96. The van der Waals surface area contributed by atoms with Crippen molar-refractivity contribution in [2.45, 2.75) is 17.2 Å². The Kier molecular flexibility index (Phi) is 6.00. The first-order chi connectivity index (χ1) is 11.2. The summed E-state index contributed by atoms with van der Waals surface area (Å²) in [6.07, 6.45) is 0. The predicted octanol–water partition coefficient (Wildman–Crippen LogP) is 1.87. The minimum atomic E-state index is -3.72. The molecular weight excluding hydrogens is 372 g/mol. The molecule has 130 valence electrons. The van der Waals surface area contributed by atoms with Gasteiger partial charge in [-0.2, -0.15) is 0 Å². The van der Waals surface area contributed by atoms with Crippen LogP contribution < -0.4 is 9.44 Å². The Bertz CT molecular complexity index is 911. The molecule has 2 rings (SSSR count). The summed E-state index contributed by atoms with van der Waals surface area (Å²) in [5, 5.41) is 0.151. The lowest BCUT2D eigenvalue weighted by atomic mass is 10.1. The van der Waals surface area contributed by atoms with Gasteiger partial charge in [0, 0.05) is 6.54 Å². The summed E-state index contributed by atoms with van der Waals surface area (Å²) in [4.78, 5) is 0.0170. The highest BCUT2D eigenvalue weighted by molar-refractivity contribution is 7.89. The number of sulfonamides is 2. The number of rotatable bonds is 7. The van der Waals surface area contributed by atoms with Gasteiger partial charge in [-0.05, 0) is 30.3 Å². The highest BCUT2D eigenvalue weighted by atomic mass is 35.5. The van der Waals surface area contributed by atoms with E-state index in [1.807, 2.05) is 0 Å². The average molecular weight is 389 g/mol. The van der Waals surface area contributed by atoms with Crippen molar-refractivity contribution in [3.05, 3.63) is 64.7 Å². The molecule has 0 fully saturated rings. The molecule has 2 aromatic carbocycles. The van der Waals surface area contributed by atoms with Crippen LogP contribution in [-0.4, -0.2) is 23.9 Å². The third-order valence-corrected chi connectivity index (χ3v) is 6.52. The van der Waals surface area contributed by atoms with Crippen LogP contribution in [0.15, 0.2) is 53.4 Å². The van der Waals surface area contributed by atoms with Crippen molar-refractivity contribution in [3.8, 4) is 0 Å². The lowest BCUT2D eigenvalue weighted by Gasteiger charge is -2.09. The van der Waals surface area contributed by atoms with Crippen LogP contribution in [0.1, 0.15) is 11.1 Å². The molecule has 0 aliphatic heterocycles. The average Bonchev–Trinajstić information content (AvgIpc) is 2.54. The van der Waals surface area contributed by atoms with Gasteiger partial charge in [-0.1, -0.05) is 48.0 Å². The molecule has 24 heavy (non-hydrogen) atoms. The van der Waals surface area contributed by atoms with Gasteiger partial charge in [-0.25, -0.2) is 26.3 Å². The quantitative estimate of drug-likeness (QED) is 0.757. The topological polar surface area (TPSA) is 92.3 Å². The molecule has 0 bridgehead atoms. The van der Waals surface area contributed by atoms with Crippen LogP contribution >= 0.6 is 11.6 Å². The molecular formula is C15H17ClN2O4S2. The van der Waals surface area contributed by atoms with Crippen LogP contribution in [0.4, 0.5) is 0 Å². The van der Waals surface area contributed by atoms with Crippen LogP contribution in [0.2, 0.25) is 5.02 Å². The Hall–Kier alpha value is -1.45. The zero-order valence-electron chi connectivity index (χ0n) is 12.9. The number of hydrogen-bond acceptors (Lipinski definition) is 4. The second-order valence-corrected chi connectivity index (χ2v) is 9.10. The predicted molar refractivity (Wildman–Crippen MR) is 93.6 cm³/mol. The van der Waals surface area contributed by atoms with E-state index in [-0.39, 0.29) is 22.2 Å². The fourth-order valence-corrected chi connectivity index (χ4v) is 4.27. The number of benzene rings is 2. The highest BCUT2D eigenvalue weighted by Gasteiger charge is 2.17. The van der Waals surface area contributed by atoms with E-state index in [1.165, 1.54) is 19.2 Å². The van der Waals surface area contributed by atoms with Gasteiger partial charge < -0.3 is 0 Å². The van der Waals surface area contributed by atoms with E-state index in [2.05, 4.69) is 9.44 Å². The minimum absolute atomic E-state index is 0.0170. The van der Waals surface area contributed by atoms with Gasteiger partial charge in [0.1, 0.15) is 4.90 Å². The van der Waals surface area contributed by atoms with Crippen LogP contribution in [0.25, 0.3) is 0 Å². The SMILES string of the molecule is CNS(=O)(=O)Cc1ccc(CNS(=O)(=O)c2ccccc2Cl)cc1. The van der Waals surface area contributed by atoms with Gasteiger partial charge in [0.15, 0.2) is 0 Å². The van der Waals surface area contributed by atoms with Crippen molar-refractivity contribution in [2.24, 2.45) is 0 Å². The molecule has 0 heterocycles. The maximum absolute atomic E-state index is 12.2. The highest BCUT2D eigenvalue weighted by Crippen LogP contribution is 2.20. The fraction of sp³-hybridized carbons (Fsp3) is 0.200. The van der Waals surface area contributed by atoms with Crippen LogP contribution in [0.3, 0.4) is 0 Å². The zero-order valence-corrected chi connectivity index (χ0v) is 15.2. The van der Waals surface area contributed by atoms with Gasteiger partial charge in [0.2, 0.25) is 20.0 Å². The first-order valence-electron chi connectivity index (χ1n) is 6.97. The smallest absolute Gasteiger partial charge is 0.218 e. The molecule has 9 heteroatoms. The molecule has 0 aromatic heterocycles. The molecule has 0 unspecified atom stereocenters. The Balaban J connectivity index is 2.06. The standard InChI is InChI=1S/C15H17ClN2O4S2/c1-17-23(19,20)11-13-8-6-12(7-9-13)10-18-24(21,22)15-5-3-2-4-14(15)16/h2-9,17-18H,10-11H2,1H3. The van der Waals surface area contributed by atoms with Gasteiger partial charge >= 0.3 is 0 Å². The Morgan fingerprint density at radius 3 is 2.08 bits per heavy atom. The largest absolute Gasteiger partial charge is 0.242 e. The van der Waals surface area contributed by atoms with Crippen LogP contribution in [-0.2, 0) is 32.3 Å². The van der Waals surface area contributed by atoms with Gasteiger partial charge in [0.05, 0.1) is 10.8 Å². The van der Waals surface area contributed by atoms with Gasteiger partial charge in [0.25, 0.3) is 0 Å². The summed E-state index contributed by atoms with van der Waals surface area (Å²) >= 11 is 5.90. The zero-order chi connectivity index (χ0) is 17.8. The lowest BCUT2D eigenvalue weighted by molar-refractivity contribution is 0.581. The first kappa shape index (κ1) is 18.9. The van der Waals surface area contributed by atoms with E-state index in [4.69, 9.17) is 11.6 Å². The van der Waals surface area contributed by atoms with E-state index < -0.39 is 20.0 Å². The molecule has 0 saturated carbocycles. The van der Waals surface area contributed by atoms with Crippen molar-refractivity contribution >= 4 is 31.6 Å². The number of halogens is 1. The molecule has 2 aromatic rings. The Morgan fingerprint density at radius 2 is 1.50 bits per heavy atom. The number of nitrogens with one attached hydrogen (secondary N) is 2. The molecule has 0 radical (unpaired) electrons. The maximum Gasteiger partial charge on any atom is 0.242 e. The molecule has 0 aliphatic rings. The van der Waals surface area contributed by atoms with E-state index in [1.54, 1.807) is 36.4 Å². The molecule has 2 N–H and O–H groups in total. The number of hydrogen-bond donors (Lipinski definition) is 2. The maximum atomic E-state index is 12.2. The van der Waals surface area contributed by atoms with Gasteiger partial charge in [-0.15, -0.1) is 0 Å². The molecule has 0 amide bonds. The van der Waals surface area contributed by atoms with Crippen molar-refractivity contribution < 1.29 is 16.8 Å². The Morgan fingerprint density at radius 1 is 0.917 bits per heavy atom. The van der Waals surface area contributed by atoms with Crippen molar-refractivity contribution in [1.82, 2.24) is 9.44 Å². The Labute approximate surface area is 147 Å². The summed E-state index contributed by atoms with van der Waals surface area (Å²) < 4.78 is 52.2. The van der Waals surface area contributed by atoms with Crippen LogP contribution in [0.5, 0.6) is 0 Å². The summed E-state index contributed by atoms with van der Waals surface area (Å²) in [6.45, 7) is 0.0760. The van der Waals surface area contributed by atoms with E-state index in [0.29, 0.717) is 11.1 Å². The third kappa shape index (κ3) is 5.02. The van der Waals surface area contributed by atoms with Gasteiger partial charge in [-0.3, -0.25) is 0 Å². The summed E-state index contributed by atoms with van der Waals surface area (Å²) in [5.74, 6) is -0.130. The molecule has 0 atom stereocenters. The van der Waals surface area contributed by atoms with E-state index in [9.17, 15) is 16.8 Å². The van der Waals surface area contributed by atoms with E-state index in [0.717, 1.165) is 0 Å². The van der Waals surface area contributed by atoms with Crippen molar-refractivity contribution in [1.29, 1.82) is 0 Å². The monoisotopic (exact) mass is 388 g/mol. The summed E-state index contributed by atoms with van der Waals surface area (Å²) in [7, 11) is -5.70. The third-order valence-electron chi connectivity index (χ3n) is 3.28. The molecule has 0 aliphatic carbocycles.